The van der Waals surface area contributed by atoms with Gasteiger partial charge >= 0.3 is 0 Å². The summed E-state index contributed by atoms with van der Waals surface area (Å²) in [6.07, 6.45) is 2.79. The van der Waals surface area contributed by atoms with Crippen LogP contribution < -0.4 is 10.6 Å². The maximum atomic E-state index is 11.7. The molecule has 0 unspecified atom stereocenters. The SMILES string of the molecule is O=C(C=Cc1cccc([N+](=O)[O-])c1)NCCNc1ccc([N+](=O)[O-])cc1. The van der Waals surface area contributed by atoms with E-state index in [0.29, 0.717) is 24.3 Å². The van der Waals surface area contributed by atoms with Crippen LogP contribution >= 0.6 is 0 Å². The largest absolute Gasteiger partial charge is 0.383 e. The molecular weight excluding hydrogens is 340 g/mol. The standard InChI is InChI=1S/C17H16N4O5/c22-17(9-4-13-2-1-3-16(12-13)21(25)26)19-11-10-18-14-5-7-15(8-6-14)20(23)24/h1-9,12,18H,10-11H2,(H,19,22). The van der Waals surface area contributed by atoms with E-state index in [1.54, 1.807) is 24.3 Å². The van der Waals surface area contributed by atoms with E-state index in [-0.39, 0.29) is 17.3 Å². The van der Waals surface area contributed by atoms with Crippen molar-refractivity contribution in [2.45, 2.75) is 0 Å². The van der Waals surface area contributed by atoms with E-state index in [1.807, 2.05) is 0 Å². The first kappa shape index (κ1) is 18.6. The molecule has 1 amide bonds. The zero-order valence-corrected chi connectivity index (χ0v) is 13.6. The summed E-state index contributed by atoms with van der Waals surface area (Å²) in [6.45, 7) is 0.781. The Bertz CT molecular complexity index is 833. The Morgan fingerprint density at radius 2 is 1.65 bits per heavy atom. The number of non-ortho nitro benzene ring substituents is 2. The van der Waals surface area contributed by atoms with Crippen molar-refractivity contribution >= 4 is 29.0 Å². The van der Waals surface area contributed by atoms with Crippen LogP contribution in [0.5, 0.6) is 0 Å². The quantitative estimate of drug-likeness (QED) is 0.324. The molecule has 0 aliphatic rings. The van der Waals surface area contributed by atoms with Crippen LogP contribution in [0.3, 0.4) is 0 Å². The molecule has 0 aromatic heterocycles. The fourth-order valence-electron chi connectivity index (χ4n) is 2.07. The molecule has 0 radical (unpaired) electrons. The molecule has 0 aliphatic heterocycles. The van der Waals surface area contributed by atoms with Gasteiger partial charge in [-0.05, 0) is 23.8 Å². The number of carbonyl (C=O) groups excluding carboxylic acids is 1. The average molecular weight is 356 g/mol. The lowest BCUT2D eigenvalue weighted by molar-refractivity contribution is -0.385. The summed E-state index contributed by atoms with van der Waals surface area (Å²) in [5.41, 5.74) is 1.23. The van der Waals surface area contributed by atoms with Crippen LogP contribution in [-0.2, 0) is 4.79 Å². The Morgan fingerprint density at radius 1 is 0.962 bits per heavy atom. The zero-order valence-electron chi connectivity index (χ0n) is 13.6. The molecule has 0 atom stereocenters. The average Bonchev–Trinajstić information content (AvgIpc) is 2.64. The van der Waals surface area contributed by atoms with Crippen molar-refractivity contribution in [3.63, 3.8) is 0 Å². The highest BCUT2D eigenvalue weighted by molar-refractivity contribution is 5.91. The molecule has 0 spiro atoms. The molecule has 9 nitrogen and oxygen atoms in total. The van der Waals surface area contributed by atoms with Crippen molar-refractivity contribution < 1.29 is 14.6 Å². The van der Waals surface area contributed by atoms with Gasteiger partial charge in [0.05, 0.1) is 9.85 Å². The number of nitrogens with one attached hydrogen (secondary N) is 2. The third-order valence-corrected chi connectivity index (χ3v) is 3.34. The Hall–Kier alpha value is -3.75. The second-order valence-electron chi connectivity index (χ2n) is 5.21. The van der Waals surface area contributed by atoms with Gasteiger partial charge < -0.3 is 10.6 Å². The van der Waals surface area contributed by atoms with Crippen molar-refractivity contribution in [2.75, 3.05) is 18.4 Å². The predicted molar refractivity (Wildman–Crippen MR) is 96.7 cm³/mol. The lowest BCUT2D eigenvalue weighted by Gasteiger charge is -2.06. The number of hydrogen-bond acceptors (Lipinski definition) is 6. The number of hydrogen-bond donors (Lipinski definition) is 2. The van der Waals surface area contributed by atoms with E-state index in [0.717, 1.165) is 0 Å². The Balaban J connectivity index is 1.75. The predicted octanol–water partition coefficient (Wildman–Crippen LogP) is 2.74. The molecule has 2 N–H and O–H groups in total. The van der Waals surface area contributed by atoms with Crippen LogP contribution in [-0.4, -0.2) is 28.8 Å². The van der Waals surface area contributed by atoms with E-state index in [9.17, 15) is 25.0 Å². The Labute approximate surface area is 148 Å². The monoisotopic (exact) mass is 356 g/mol. The summed E-state index contributed by atoms with van der Waals surface area (Å²) in [6, 6.07) is 11.9. The number of nitrogens with zero attached hydrogens (tertiary/aromatic N) is 2. The number of carbonyl (C=O) groups is 1. The minimum atomic E-state index is -0.499. The smallest absolute Gasteiger partial charge is 0.270 e. The van der Waals surface area contributed by atoms with E-state index >= 15 is 0 Å². The minimum absolute atomic E-state index is 0.00939. The summed E-state index contributed by atoms with van der Waals surface area (Å²) in [4.78, 5) is 32.0. The molecule has 0 saturated carbocycles. The Kier molecular flexibility index (Phi) is 6.38. The van der Waals surface area contributed by atoms with Crippen molar-refractivity contribution in [3.8, 4) is 0 Å². The van der Waals surface area contributed by atoms with Crippen molar-refractivity contribution in [1.29, 1.82) is 0 Å². The van der Waals surface area contributed by atoms with Gasteiger partial charge in [0, 0.05) is 49.1 Å². The summed E-state index contributed by atoms with van der Waals surface area (Å²) in [7, 11) is 0. The maximum Gasteiger partial charge on any atom is 0.270 e. The zero-order chi connectivity index (χ0) is 18.9. The van der Waals surface area contributed by atoms with Gasteiger partial charge in [0.15, 0.2) is 0 Å². The number of nitro benzene ring substituents is 2. The van der Waals surface area contributed by atoms with E-state index in [1.165, 1.54) is 36.4 Å². The fourth-order valence-corrected chi connectivity index (χ4v) is 2.07. The number of amides is 1. The van der Waals surface area contributed by atoms with Crippen LogP contribution in [0.1, 0.15) is 5.56 Å². The van der Waals surface area contributed by atoms with Gasteiger partial charge in [-0.2, -0.15) is 0 Å². The maximum absolute atomic E-state index is 11.7. The second-order valence-corrected chi connectivity index (χ2v) is 5.21. The molecule has 9 heteroatoms. The number of benzene rings is 2. The first-order valence-corrected chi connectivity index (χ1v) is 7.64. The molecular formula is C17H16N4O5. The van der Waals surface area contributed by atoms with Crippen LogP contribution in [0.4, 0.5) is 17.1 Å². The molecule has 2 aromatic rings. The molecule has 0 aliphatic carbocycles. The van der Waals surface area contributed by atoms with E-state index < -0.39 is 9.85 Å². The van der Waals surface area contributed by atoms with Crippen LogP contribution in [0.25, 0.3) is 6.08 Å². The number of rotatable bonds is 8. The lowest BCUT2D eigenvalue weighted by Crippen LogP contribution is -2.27. The molecule has 26 heavy (non-hydrogen) atoms. The van der Waals surface area contributed by atoms with E-state index in [2.05, 4.69) is 10.6 Å². The third-order valence-electron chi connectivity index (χ3n) is 3.34. The first-order chi connectivity index (χ1) is 12.5. The highest BCUT2D eigenvalue weighted by Crippen LogP contribution is 2.15. The topological polar surface area (TPSA) is 127 Å². The van der Waals surface area contributed by atoms with Crippen molar-refractivity contribution in [2.24, 2.45) is 0 Å². The van der Waals surface area contributed by atoms with Gasteiger partial charge in [0.25, 0.3) is 11.4 Å². The molecule has 134 valence electrons. The van der Waals surface area contributed by atoms with Crippen LogP contribution in [0, 0.1) is 20.2 Å². The van der Waals surface area contributed by atoms with Crippen molar-refractivity contribution in [3.05, 3.63) is 80.4 Å². The summed E-state index contributed by atoms with van der Waals surface area (Å²) in [5, 5.41) is 26.9. The molecule has 2 aromatic carbocycles. The number of nitro groups is 2. The molecule has 0 heterocycles. The van der Waals surface area contributed by atoms with Gasteiger partial charge in [-0.25, -0.2) is 0 Å². The summed E-state index contributed by atoms with van der Waals surface area (Å²) < 4.78 is 0. The van der Waals surface area contributed by atoms with Gasteiger partial charge in [0.2, 0.25) is 5.91 Å². The lowest BCUT2D eigenvalue weighted by atomic mass is 10.2. The normalized spacial score (nSPS) is 10.5. The number of anilines is 1. The van der Waals surface area contributed by atoms with Gasteiger partial charge in [0.1, 0.15) is 0 Å². The van der Waals surface area contributed by atoms with Crippen molar-refractivity contribution in [1.82, 2.24) is 5.32 Å². The van der Waals surface area contributed by atoms with Gasteiger partial charge in [-0.15, -0.1) is 0 Å². The van der Waals surface area contributed by atoms with Crippen LogP contribution in [0.15, 0.2) is 54.6 Å². The van der Waals surface area contributed by atoms with E-state index in [4.69, 9.17) is 0 Å². The minimum Gasteiger partial charge on any atom is -0.383 e. The second kappa shape index (κ2) is 8.92. The summed E-state index contributed by atoms with van der Waals surface area (Å²) in [5.74, 6) is -0.331. The third kappa shape index (κ3) is 5.71. The van der Waals surface area contributed by atoms with Crippen LogP contribution in [0.2, 0.25) is 0 Å². The van der Waals surface area contributed by atoms with Gasteiger partial charge in [-0.1, -0.05) is 12.1 Å². The first-order valence-electron chi connectivity index (χ1n) is 7.64. The highest BCUT2D eigenvalue weighted by Gasteiger charge is 2.05. The molecule has 0 bridgehead atoms. The fraction of sp³-hybridized carbons (Fsp3) is 0.118. The highest BCUT2D eigenvalue weighted by atomic mass is 16.6. The molecule has 0 saturated heterocycles. The van der Waals surface area contributed by atoms with Gasteiger partial charge in [-0.3, -0.25) is 25.0 Å². The molecule has 0 fully saturated rings. The Morgan fingerprint density at radius 3 is 2.31 bits per heavy atom. The molecule has 2 rings (SSSR count). The summed E-state index contributed by atoms with van der Waals surface area (Å²) >= 11 is 0.